The zero-order valence-corrected chi connectivity index (χ0v) is 20.4. The second-order valence-electron chi connectivity index (χ2n) is 8.55. The standard InChI is InChI=1S/C26H27N5O3S/c1-18-4-6-19(7-5-18)21-16-35-25-23(21)26(33)31(17-29-25)10-8-22(32)28-15-20-3-2-9-27-24(20)30-11-13-34-14-12-30/h2-7,9,16-17H,8,10-15H2,1H3,(H,28,32). The van der Waals surface area contributed by atoms with E-state index in [9.17, 15) is 9.59 Å². The maximum absolute atomic E-state index is 13.2. The quantitative estimate of drug-likeness (QED) is 0.428. The summed E-state index contributed by atoms with van der Waals surface area (Å²) in [4.78, 5) is 37.7. The van der Waals surface area contributed by atoms with Gasteiger partial charge in [-0.2, -0.15) is 0 Å². The molecule has 8 nitrogen and oxygen atoms in total. The number of rotatable bonds is 7. The Balaban J connectivity index is 1.26. The van der Waals surface area contributed by atoms with Crippen molar-refractivity contribution in [2.24, 2.45) is 0 Å². The zero-order chi connectivity index (χ0) is 24.2. The minimum atomic E-state index is -0.127. The molecule has 0 spiro atoms. The fourth-order valence-electron chi connectivity index (χ4n) is 4.20. The van der Waals surface area contributed by atoms with Crippen molar-refractivity contribution in [1.82, 2.24) is 19.9 Å². The van der Waals surface area contributed by atoms with E-state index in [4.69, 9.17) is 4.74 Å². The summed E-state index contributed by atoms with van der Waals surface area (Å²) >= 11 is 1.46. The lowest BCUT2D eigenvalue weighted by atomic mass is 10.1. The predicted molar refractivity (Wildman–Crippen MR) is 138 cm³/mol. The van der Waals surface area contributed by atoms with Gasteiger partial charge >= 0.3 is 0 Å². The first-order valence-corrected chi connectivity index (χ1v) is 12.5. The maximum atomic E-state index is 13.2. The third kappa shape index (κ3) is 5.11. The zero-order valence-electron chi connectivity index (χ0n) is 19.6. The van der Waals surface area contributed by atoms with Gasteiger partial charge in [0.1, 0.15) is 10.6 Å². The van der Waals surface area contributed by atoms with Gasteiger partial charge in [0.2, 0.25) is 5.91 Å². The number of ether oxygens (including phenoxy) is 1. The first kappa shape index (κ1) is 23.2. The molecule has 35 heavy (non-hydrogen) atoms. The van der Waals surface area contributed by atoms with Gasteiger partial charge in [-0.25, -0.2) is 9.97 Å². The summed E-state index contributed by atoms with van der Waals surface area (Å²) in [5.74, 6) is 0.751. The number of anilines is 1. The highest BCUT2D eigenvalue weighted by molar-refractivity contribution is 7.17. The van der Waals surface area contributed by atoms with Crippen molar-refractivity contribution in [3.8, 4) is 11.1 Å². The summed E-state index contributed by atoms with van der Waals surface area (Å²) in [6.45, 7) is 5.59. The molecule has 1 aliphatic heterocycles. The fourth-order valence-corrected chi connectivity index (χ4v) is 5.11. The third-order valence-corrected chi connectivity index (χ3v) is 7.04. The van der Waals surface area contributed by atoms with Crippen LogP contribution in [0.5, 0.6) is 0 Å². The van der Waals surface area contributed by atoms with Crippen LogP contribution in [0.25, 0.3) is 21.3 Å². The van der Waals surface area contributed by atoms with E-state index in [0.717, 1.165) is 41.2 Å². The van der Waals surface area contributed by atoms with Crippen molar-refractivity contribution in [2.45, 2.75) is 26.4 Å². The van der Waals surface area contributed by atoms with E-state index in [0.29, 0.717) is 30.0 Å². The predicted octanol–water partition coefficient (Wildman–Crippen LogP) is 3.37. The maximum Gasteiger partial charge on any atom is 0.262 e. The summed E-state index contributed by atoms with van der Waals surface area (Å²) in [5, 5.41) is 5.55. The second kappa shape index (κ2) is 10.4. The van der Waals surface area contributed by atoms with Crippen LogP contribution in [0, 0.1) is 6.92 Å². The Bertz CT molecular complexity index is 1390. The van der Waals surface area contributed by atoms with Crippen molar-refractivity contribution >= 4 is 33.3 Å². The molecule has 1 N–H and O–H groups in total. The number of thiophene rings is 1. The Morgan fingerprint density at radius 2 is 1.94 bits per heavy atom. The van der Waals surface area contributed by atoms with Gasteiger partial charge in [-0.1, -0.05) is 35.9 Å². The number of amides is 1. The number of carbonyl (C=O) groups is 1. The van der Waals surface area contributed by atoms with E-state index < -0.39 is 0 Å². The topological polar surface area (TPSA) is 89.3 Å². The molecule has 1 aromatic carbocycles. The lowest BCUT2D eigenvalue weighted by Gasteiger charge is -2.29. The highest BCUT2D eigenvalue weighted by Gasteiger charge is 2.17. The lowest BCUT2D eigenvalue weighted by Crippen LogP contribution is -2.38. The SMILES string of the molecule is Cc1ccc(-c2csc3ncn(CCC(=O)NCc4cccnc4N4CCOCC4)c(=O)c23)cc1. The molecule has 4 heterocycles. The molecular weight excluding hydrogens is 462 g/mol. The van der Waals surface area contributed by atoms with E-state index >= 15 is 0 Å². The monoisotopic (exact) mass is 489 g/mol. The molecule has 180 valence electrons. The highest BCUT2D eigenvalue weighted by atomic mass is 32.1. The molecule has 4 aromatic rings. The summed E-state index contributed by atoms with van der Waals surface area (Å²) in [7, 11) is 0. The highest BCUT2D eigenvalue weighted by Crippen LogP contribution is 2.30. The molecule has 0 unspecified atom stereocenters. The molecule has 1 saturated heterocycles. The number of fused-ring (bicyclic) bond motifs is 1. The molecule has 0 aliphatic carbocycles. The van der Waals surface area contributed by atoms with Gasteiger partial charge < -0.3 is 15.0 Å². The summed E-state index contributed by atoms with van der Waals surface area (Å²) < 4.78 is 6.95. The average Bonchev–Trinajstić information content (AvgIpc) is 3.33. The van der Waals surface area contributed by atoms with Crippen molar-refractivity contribution < 1.29 is 9.53 Å². The number of hydrogen-bond donors (Lipinski definition) is 1. The van der Waals surface area contributed by atoms with Crippen molar-refractivity contribution in [3.05, 3.63) is 75.8 Å². The average molecular weight is 490 g/mol. The Morgan fingerprint density at radius 1 is 1.14 bits per heavy atom. The van der Waals surface area contributed by atoms with Crippen LogP contribution in [-0.2, 0) is 22.6 Å². The second-order valence-corrected chi connectivity index (χ2v) is 9.41. The number of carbonyl (C=O) groups excluding carboxylic acids is 1. The first-order valence-electron chi connectivity index (χ1n) is 11.7. The third-order valence-electron chi connectivity index (χ3n) is 6.16. The number of nitrogens with zero attached hydrogens (tertiary/aromatic N) is 4. The van der Waals surface area contributed by atoms with Gasteiger partial charge in [0.05, 0.1) is 24.9 Å². The van der Waals surface area contributed by atoms with E-state index in [1.54, 1.807) is 6.20 Å². The van der Waals surface area contributed by atoms with Gasteiger partial charge in [0.25, 0.3) is 5.56 Å². The summed E-state index contributed by atoms with van der Waals surface area (Å²) in [6, 6.07) is 12.0. The van der Waals surface area contributed by atoms with Gasteiger partial charge in [-0.15, -0.1) is 11.3 Å². The van der Waals surface area contributed by atoms with Crippen LogP contribution in [0.15, 0.2) is 59.1 Å². The largest absolute Gasteiger partial charge is 0.378 e. The number of pyridine rings is 1. The Kier molecular flexibility index (Phi) is 6.87. The van der Waals surface area contributed by atoms with E-state index in [2.05, 4.69) is 20.2 Å². The van der Waals surface area contributed by atoms with Crippen LogP contribution >= 0.6 is 11.3 Å². The van der Waals surface area contributed by atoms with Crippen molar-refractivity contribution in [3.63, 3.8) is 0 Å². The number of nitrogens with one attached hydrogen (secondary N) is 1. The van der Waals surface area contributed by atoms with Crippen LogP contribution in [0.4, 0.5) is 5.82 Å². The lowest BCUT2D eigenvalue weighted by molar-refractivity contribution is -0.121. The van der Waals surface area contributed by atoms with Crippen LogP contribution in [0.2, 0.25) is 0 Å². The number of aromatic nitrogens is 3. The van der Waals surface area contributed by atoms with Gasteiger partial charge in [0.15, 0.2) is 0 Å². The van der Waals surface area contributed by atoms with E-state index in [1.807, 2.05) is 48.7 Å². The molecule has 0 saturated carbocycles. The number of aryl methyl sites for hydroxylation is 2. The van der Waals surface area contributed by atoms with Gasteiger partial charge in [0, 0.05) is 55.3 Å². The molecule has 3 aromatic heterocycles. The molecule has 0 atom stereocenters. The van der Waals surface area contributed by atoms with Crippen LogP contribution in [0.1, 0.15) is 17.5 Å². The molecule has 1 amide bonds. The fraction of sp³-hybridized carbons (Fsp3) is 0.308. The molecule has 1 aliphatic rings. The summed E-state index contributed by atoms with van der Waals surface area (Å²) in [6.07, 6.45) is 3.48. The molecule has 5 rings (SSSR count). The minimum Gasteiger partial charge on any atom is -0.378 e. The Labute approximate surface area is 207 Å². The summed E-state index contributed by atoms with van der Waals surface area (Å²) in [5.41, 5.74) is 3.88. The Morgan fingerprint density at radius 3 is 2.74 bits per heavy atom. The van der Waals surface area contributed by atoms with Crippen molar-refractivity contribution in [2.75, 3.05) is 31.2 Å². The minimum absolute atomic E-state index is 0.124. The van der Waals surface area contributed by atoms with Crippen LogP contribution < -0.4 is 15.8 Å². The number of morpholine rings is 1. The first-order chi connectivity index (χ1) is 17.1. The smallest absolute Gasteiger partial charge is 0.262 e. The van der Waals surface area contributed by atoms with E-state index in [1.165, 1.54) is 22.2 Å². The molecule has 0 radical (unpaired) electrons. The van der Waals surface area contributed by atoms with Crippen LogP contribution in [0.3, 0.4) is 0 Å². The molecular formula is C26H27N5O3S. The number of benzene rings is 1. The molecule has 1 fully saturated rings. The van der Waals surface area contributed by atoms with Crippen LogP contribution in [-0.4, -0.2) is 46.7 Å². The van der Waals surface area contributed by atoms with E-state index in [-0.39, 0.29) is 24.4 Å². The molecule has 0 bridgehead atoms. The normalized spacial score (nSPS) is 13.8. The Hall–Kier alpha value is -3.56. The van der Waals surface area contributed by atoms with Gasteiger partial charge in [-0.3, -0.25) is 14.2 Å². The van der Waals surface area contributed by atoms with Gasteiger partial charge in [-0.05, 0) is 18.6 Å². The van der Waals surface area contributed by atoms with Crippen molar-refractivity contribution in [1.29, 1.82) is 0 Å². The molecule has 9 heteroatoms. The number of hydrogen-bond acceptors (Lipinski definition) is 7.